The Morgan fingerprint density at radius 1 is 0.640 bits per heavy atom. The van der Waals surface area contributed by atoms with Gasteiger partial charge in [0.1, 0.15) is 11.4 Å². The van der Waals surface area contributed by atoms with Crippen molar-refractivity contribution in [2.45, 2.75) is 66.7 Å². The maximum Gasteiger partial charge on any atom is 0.335 e. The number of hydrogen-bond acceptors (Lipinski definition) is 8. The van der Waals surface area contributed by atoms with Gasteiger partial charge in [0.05, 0.1) is 44.6 Å². The molecule has 0 spiro atoms. The summed E-state index contributed by atoms with van der Waals surface area (Å²) >= 11 is 0. The quantitative estimate of drug-likeness (QED) is 0.122. The van der Waals surface area contributed by atoms with Crippen LogP contribution in [0.4, 0.5) is 11.9 Å². The number of carbonyl (C=O) groups is 4. The number of carboxylic acids is 2. The Balaban J connectivity index is 1.27. The number of carboxylic acid groups (broad SMARTS) is 2. The van der Waals surface area contributed by atoms with E-state index in [-0.39, 0.29) is 23.0 Å². The van der Waals surface area contributed by atoms with Crippen molar-refractivity contribution >= 4 is 57.7 Å². The van der Waals surface area contributed by atoms with Crippen LogP contribution >= 0.6 is 0 Å². The van der Waals surface area contributed by atoms with Crippen molar-refractivity contribution in [1.29, 1.82) is 0 Å². The van der Waals surface area contributed by atoms with E-state index in [0.717, 1.165) is 0 Å². The molecule has 0 unspecified atom stereocenters. The molecule has 258 valence electrons. The molecule has 16 nitrogen and oxygen atoms in total. The lowest BCUT2D eigenvalue weighted by Crippen LogP contribution is -2.20. The number of rotatable bonds is 13. The van der Waals surface area contributed by atoms with Crippen LogP contribution in [-0.4, -0.2) is 72.6 Å². The van der Waals surface area contributed by atoms with Gasteiger partial charge < -0.3 is 19.3 Å². The molecule has 0 aliphatic rings. The van der Waals surface area contributed by atoms with E-state index in [2.05, 4.69) is 30.8 Å². The van der Waals surface area contributed by atoms with Crippen LogP contribution in [0.3, 0.4) is 0 Å². The zero-order valence-electron chi connectivity index (χ0n) is 28.0. The molecule has 16 heteroatoms. The van der Waals surface area contributed by atoms with Crippen LogP contribution in [0.25, 0.3) is 22.1 Å². The molecule has 0 aliphatic heterocycles. The Morgan fingerprint density at radius 3 is 1.40 bits per heavy atom. The van der Waals surface area contributed by atoms with Gasteiger partial charge in [-0.3, -0.25) is 29.6 Å². The van der Waals surface area contributed by atoms with E-state index in [1.54, 1.807) is 47.5 Å². The van der Waals surface area contributed by atoms with Crippen molar-refractivity contribution in [3.05, 3.63) is 82.4 Å². The Morgan fingerprint density at radius 2 is 1.04 bits per heavy atom. The molecule has 6 rings (SSSR count). The molecule has 0 saturated carbocycles. The van der Waals surface area contributed by atoms with Crippen LogP contribution in [0.5, 0.6) is 0 Å². The Hall–Kier alpha value is -6.32. The molecular formula is C34H36N10O6. The number of aryl methyl sites for hydroxylation is 6. The first kappa shape index (κ1) is 33.6. The molecule has 4 aromatic heterocycles. The second-order valence-electron chi connectivity index (χ2n) is 11.8. The number of benzene rings is 2. The minimum atomic E-state index is -1.09. The molecule has 4 N–H and O–H groups in total. The van der Waals surface area contributed by atoms with Gasteiger partial charge in [-0.2, -0.15) is 10.2 Å². The van der Waals surface area contributed by atoms with E-state index < -0.39 is 23.8 Å². The lowest BCUT2D eigenvalue weighted by atomic mass is 10.2. The van der Waals surface area contributed by atoms with Gasteiger partial charge in [-0.25, -0.2) is 19.6 Å². The number of hydrogen-bond donors (Lipinski definition) is 4. The number of aromatic carboxylic acids is 2. The number of unbranched alkanes of at least 4 members (excludes halogenated alkanes) is 1. The number of anilines is 2. The second-order valence-corrected chi connectivity index (χ2v) is 11.8. The predicted octanol–water partition coefficient (Wildman–Crippen LogP) is 4.82. The number of fused-ring (bicyclic) bond motifs is 2. The standard InChI is InChI=1S/C34H36N10O6/c1-5-43-27(15-19(3)39-43)29(45)37-33-35-23-17-21(31(47)48)9-11-25(23)41(33)13-7-8-14-42-26-12-10-22(32(49)50)18-24(26)36-34(42)38-30(46)28-16-20(4)40-44(28)6-2/h9-12,15-18H,5-8,13-14H2,1-4H3,(H,47,48)(H,49,50)(H,35,37,45)(H,36,38,46). The molecule has 0 aliphatic carbocycles. The highest BCUT2D eigenvalue weighted by Crippen LogP contribution is 2.25. The van der Waals surface area contributed by atoms with Crippen molar-refractivity contribution in [2.24, 2.45) is 0 Å². The zero-order chi connectivity index (χ0) is 35.7. The summed E-state index contributed by atoms with van der Waals surface area (Å²) in [5.74, 6) is -2.44. The van der Waals surface area contributed by atoms with Crippen molar-refractivity contribution in [3.8, 4) is 0 Å². The van der Waals surface area contributed by atoms with E-state index in [0.29, 0.717) is 83.9 Å². The number of nitrogens with one attached hydrogen (secondary N) is 2. The molecular weight excluding hydrogens is 644 g/mol. The van der Waals surface area contributed by atoms with E-state index in [4.69, 9.17) is 0 Å². The maximum absolute atomic E-state index is 13.4. The average molecular weight is 681 g/mol. The second kappa shape index (κ2) is 13.7. The molecule has 2 aromatic carbocycles. The summed E-state index contributed by atoms with van der Waals surface area (Å²) in [4.78, 5) is 59.2. The van der Waals surface area contributed by atoms with Crippen molar-refractivity contribution in [2.75, 3.05) is 10.6 Å². The van der Waals surface area contributed by atoms with Crippen LogP contribution in [0.15, 0.2) is 48.5 Å². The minimum absolute atomic E-state index is 0.0736. The molecule has 2 amide bonds. The molecule has 0 bridgehead atoms. The van der Waals surface area contributed by atoms with Crippen LogP contribution in [-0.2, 0) is 26.2 Å². The highest BCUT2D eigenvalue weighted by atomic mass is 16.4. The first-order chi connectivity index (χ1) is 24.0. The lowest BCUT2D eigenvalue weighted by molar-refractivity contribution is 0.0686. The van der Waals surface area contributed by atoms with Crippen LogP contribution < -0.4 is 10.6 Å². The van der Waals surface area contributed by atoms with Crippen molar-refractivity contribution < 1.29 is 29.4 Å². The molecule has 50 heavy (non-hydrogen) atoms. The van der Waals surface area contributed by atoms with E-state index in [9.17, 15) is 29.4 Å². The first-order valence-electron chi connectivity index (χ1n) is 16.2. The van der Waals surface area contributed by atoms with Gasteiger partial charge in [0.15, 0.2) is 0 Å². The maximum atomic E-state index is 13.4. The predicted molar refractivity (Wildman–Crippen MR) is 184 cm³/mol. The zero-order valence-corrected chi connectivity index (χ0v) is 28.0. The molecule has 6 aromatic rings. The van der Waals surface area contributed by atoms with Gasteiger partial charge in [-0.1, -0.05) is 0 Å². The minimum Gasteiger partial charge on any atom is -0.478 e. The molecule has 0 atom stereocenters. The smallest absolute Gasteiger partial charge is 0.335 e. The number of amides is 2. The van der Waals surface area contributed by atoms with E-state index >= 15 is 0 Å². The first-order valence-corrected chi connectivity index (χ1v) is 16.2. The summed E-state index contributed by atoms with van der Waals surface area (Å²) in [5, 5.41) is 33.6. The Labute approximate surface area is 285 Å². The summed E-state index contributed by atoms with van der Waals surface area (Å²) in [5.41, 5.74) is 4.43. The molecule has 0 radical (unpaired) electrons. The summed E-state index contributed by atoms with van der Waals surface area (Å²) in [6, 6.07) is 12.6. The normalized spacial score (nSPS) is 11.4. The number of nitrogens with zero attached hydrogens (tertiary/aromatic N) is 8. The molecule has 0 fully saturated rings. The van der Waals surface area contributed by atoms with Gasteiger partial charge >= 0.3 is 11.9 Å². The molecule has 4 heterocycles. The fourth-order valence-electron chi connectivity index (χ4n) is 5.98. The number of carbonyl (C=O) groups excluding carboxylic acids is 2. The SMILES string of the molecule is CCn1nc(C)cc1C(=O)Nc1nc2cc(C(=O)O)ccc2n1CCCCn1c(NC(=O)c2cc(C)nn2CC)nc2cc(C(=O)O)ccc21. The fraction of sp³-hybridized carbons (Fsp3) is 0.294. The van der Waals surface area contributed by atoms with Crippen LogP contribution in [0.2, 0.25) is 0 Å². The van der Waals surface area contributed by atoms with Gasteiger partial charge in [-0.05, 0) is 89.1 Å². The highest BCUT2D eigenvalue weighted by molar-refractivity contribution is 6.04. The topological polar surface area (TPSA) is 204 Å². The van der Waals surface area contributed by atoms with Crippen molar-refractivity contribution in [3.63, 3.8) is 0 Å². The number of imidazole rings is 2. The van der Waals surface area contributed by atoms with Gasteiger partial charge in [0, 0.05) is 26.2 Å². The highest BCUT2D eigenvalue weighted by Gasteiger charge is 2.21. The number of aromatic nitrogens is 8. The van der Waals surface area contributed by atoms with Gasteiger partial charge in [0.2, 0.25) is 11.9 Å². The van der Waals surface area contributed by atoms with E-state index in [1.165, 1.54) is 24.3 Å². The average Bonchev–Trinajstić information content (AvgIpc) is 3.84. The van der Waals surface area contributed by atoms with Gasteiger partial charge in [-0.15, -0.1) is 0 Å². The summed E-state index contributed by atoms with van der Waals surface area (Å²) in [7, 11) is 0. The molecule has 0 saturated heterocycles. The van der Waals surface area contributed by atoms with Gasteiger partial charge in [0.25, 0.3) is 11.8 Å². The monoisotopic (exact) mass is 680 g/mol. The Kier molecular flexibility index (Phi) is 9.17. The fourth-order valence-corrected chi connectivity index (χ4v) is 5.98. The third-order valence-corrected chi connectivity index (χ3v) is 8.32. The summed E-state index contributed by atoms with van der Waals surface area (Å²) in [6.45, 7) is 9.21. The summed E-state index contributed by atoms with van der Waals surface area (Å²) < 4.78 is 6.87. The van der Waals surface area contributed by atoms with Crippen LogP contribution in [0.1, 0.15) is 79.8 Å². The third kappa shape index (κ3) is 6.54. The largest absolute Gasteiger partial charge is 0.478 e. The van der Waals surface area contributed by atoms with Crippen molar-refractivity contribution in [1.82, 2.24) is 38.7 Å². The van der Waals surface area contributed by atoms with E-state index in [1.807, 2.05) is 23.0 Å². The summed E-state index contributed by atoms with van der Waals surface area (Å²) in [6.07, 6.45) is 1.17. The lowest BCUT2D eigenvalue weighted by Gasteiger charge is -2.13. The third-order valence-electron chi connectivity index (χ3n) is 8.32. The van der Waals surface area contributed by atoms with Crippen LogP contribution in [0, 0.1) is 13.8 Å². The Bertz CT molecular complexity index is 2130.